The van der Waals surface area contributed by atoms with Crippen molar-refractivity contribution in [2.45, 2.75) is 0 Å². The van der Waals surface area contributed by atoms with Gasteiger partial charge in [-0.3, -0.25) is 0 Å². The van der Waals surface area contributed by atoms with Crippen LogP contribution in [0.15, 0.2) is 34.8 Å². The lowest BCUT2D eigenvalue weighted by Gasteiger charge is -2.07. The van der Waals surface area contributed by atoms with E-state index in [0.717, 1.165) is 32.4 Å². The van der Waals surface area contributed by atoms with E-state index in [2.05, 4.69) is 33.0 Å². The predicted molar refractivity (Wildman–Crippen MR) is 76.6 cm³/mol. The Labute approximate surface area is 113 Å². The lowest BCUT2D eigenvalue weighted by molar-refractivity contribution is 0.356. The van der Waals surface area contributed by atoms with E-state index in [1.807, 2.05) is 18.2 Å². The first-order valence-corrected chi connectivity index (χ1v) is 6.35. The molecule has 0 fully saturated rings. The molecule has 0 bridgehead atoms. The van der Waals surface area contributed by atoms with E-state index in [1.165, 1.54) is 5.39 Å². The smallest absolute Gasteiger partial charge is 0.162 e. The molecule has 1 heterocycles. The number of rotatable bonds is 2. The number of halogens is 1. The van der Waals surface area contributed by atoms with Gasteiger partial charge in [0.15, 0.2) is 11.5 Å². The molecule has 0 aliphatic rings. The molecule has 1 N–H and O–H groups in total. The van der Waals surface area contributed by atoms with Gasteiger partial charge in [-0.2, -0.15) is 0 Å². The van der Waals surface area contributed by atoms with E-state index < -0.39 is 0 Å². The van der Waals surface area contributed by atoms with Crippen molar-refractivity contribution in [3.63, 3.8) is 0 Å². The van der Waals surface area contributed by atoms with Crippen LogP contribution in [0.25, 0.3) is 21.8 Å². The van der Waals surface area contributed by atoms with Crippen LogP contribution in [0.2, 0.25) is 0 Å². The van der Waals surface area contributed by atoms with E-state index in [1.54, 1.807) is 14.2 Å². The quantitative estimate of drug-likeness (QED) is 0.773. The number of aromatic nitrogens is 1. The second-order valence-corrected chi connectivity index (χ2v) is 4.98. The van der Waals surface area contributed by atoms with Crippen LogP contribution < -0.4 is 9.47 Å². The number of aromatic amines is 1. The molecule has 4 heteroatoms. The Kier molecular flexibility index (Phi) is 2.67. The van der Waals surface area contributed by atoms with E-state index in [4.69, 9.17) is 9.47 Å². The zero-order valence-electron chi connectivity index (χ0n) is 10.1. The van der Waals surface area contributed by atoms with Gasteiger partial charge < -0.3 is 14.5 Å². The zero-order valence-corrected chi connectivity index (χ0v) is 11.7. The Morgan fingerprint density at radius 1 is 0.889 bits per heavy atom. The van der Waals surface area contributed by atoms with Crippen molar-refractivity contribution in [2.75, 3.05) is 14.2 Å². The fraction of sp³-hybridized carbons (Fsp3) is 0.143. The second kappa shape index (κ2) is 4.21. The summed E-state index contributed by atoms with van der Waals surface area (Å²) >= 11 is 3.50. The minimum Gasteiger partial charge on any atom is -0.493 e. The van der Waals surface area contributed by atoms with Gasteiger partial charge in [0.05, 0.1) is 19.7 Å². The Morgan fingerprint density at radius 3 is 2.28 bits per heavy atom. The summed E-state index contributed by atoms with van der Waals surface area (Å²) in [6.45, 7) is 0. The average molecular weight is 306 g/mol. The van der Waals surface area contributed by atoms with Gasteiger partial charge in [-0.1, -0.05) is 15.9 Å². The molecular weight excluding hydrogens is 294 g/mol. The van der Waals surface area contributed by atoms with Crippen molar-refractivity contribution in [1.29, 1.82) is 0 Å². The summed E-state index contributed by atoms with van der Waals surface area (Å²) < 4.78 is 11.7. The Hall–Kier alpha value is -1.68. The van der Waals surface area contributed by atoms with Gasteiger partial charge in [0.2, 0.25) is 0 Å². The molecular formula is C14H12BrNO2. The van der Waals surface area contributed by atoms with Crippen molar-refractivity contribution >= 4 is 37.7 Å². The molecule has 0 aliphatic carbocycles. The predicted octanol–water partition coefficient (Wildman–Crippen LogP) is 4.10. The van der Waals surface area contributed by atoms with Gasteiger partial charge in [-0.25, -0.2) is 0 Å². The van der Waals surface area contributed by atoms with Gasteiger partial charge in [0.25, 0.3) is 0 Å². The third-order valence-electron chi connectivity index (χ3n) is 3.06. The zero-order chi connectivity index (χ0) is 12.7. The monoisotopic (exact) mass is 305 g/mol. The Morgan fingerprint density at radius 2 is 1.56 bits per heavy atom. The van der Waals surface area contributed by atoms with Crippen LogP contribution in [0.5, 0.6) is 11.5 Å². The third-order valence-corrected chi connectivity index (χ3v) is 3.56. The van der Waals surface area contributed by atoms with Crippen molar-refractivity contribution in [2.24, 2.45) is 0 Å². The topological polar surface area (TPSA) is 34.2 Å². The molecule has 0 unspecified atom stereocenters. The number of methoxy groups -OCH3 is 2. The molecule has 0 saturated heterocycles. The molecule has 18 heavy (non-hydrogen) atoms. The number of fused-ring (bicyclic) bond motifs is 3. The highest BCUT2D eigenvalue weighted by atomic mass is 79.9. The number of ether oxygens (including phenoxy) is 2. The number of benzene rings is 2. The molecule has 0 atom stereocenters. The van der Waals surface area contributed by atoms with E-state index in [-0.39, 0.29) is 0 Å². The lowest BCUT2D eigenvalue weighted by atomic mass is 10.1. The van der Waals surface area contributed by atoms with Crippen LogP contribution in [-0.4, -0.2) is 19.2 Å². The summed E-state index contributed by atoms with van der Waals surface area (Å²) in [7, 11) is 3.29. The summed E-state index contributed by atoms with van der Waals surface area (Å²) in [4.78, 5) is 3.37. The molecule has 1 aromatic heterocycles. The molecule has 0 aliphatic heterocycles. The van der Waals surface area contributed by atoms with Crippen LogP contribution >= 0.6 is 15.9 Å². The molecule has 92 valence electrons. The summed E-state index contributed by atoms with van der Waals surface area (Å²) in [6, 6.07) is 10.1. The first-order valence-electron chi connectivity index (χ1n) is 5.56. The van der Waals surface area contributed by atoms with Crippen LogP contribution in [0.3, 0.4) is 0 Å². The molecule has 0 radical (unpaired) electrons. The molecule has 0 saturated carbocycles. The minimum atomic E-state index is 0.732. The van der Waals surface area contributed by atoms with Gasteiger partial charge in [-0.15, -0.1) is 0 Å². The highest BCUT2D eigenvalue weighted by Gasteiger charge is 2.10. The van der Waals surface area contributed by atoms with Crippen LogP contribution in [0, 0.1) is 0 Å². The number of hydrogen-bond donors (Lipinski definition) is 1. The van der Waals surface area contributed by atoms with Crippen LogP contribution in [0.1, 0.15) is 0 Å². The normalized spacial score (nSPS) is 11.1. The first-order chi connectivity index (χ1) is 8.72. The van der Waals surface area contributed by atoms with E-state index in [9.17, 15) is 0 Å². The molecule has 3 aromatic rings. The minimum absolute atomic E-state index is 0.732. The van der Waals surface area contributed by atoms with Crippen molar-refractivity contribution in [3.8, 4) is 11.5 Å². The number of nitrogens with one attached hydrogen (secondary N) is 1. The van der Waals surface area contributed by atoms with E-state index in [0.29, 0.717) is 0 Å². The second-order valence-electron chi connectivity index (χ2n) is 4.07. The Bertz CT molecular complexity index is 733. The van der Waals surface area contributed by atoms with Crippen LogP contribution in [-0.2, 0) is 0 Å². The summed E-state index contributed by atoms with van der Waals surface area (Å²) in [5.74, 6) is 1.47. The molecule has 0 spiro atoms. The maximum atomic E-state index is 5.34. The van der Waals surface area contributed by atoms with Crippen molar-refractivity contribution < 1.29 is 9.47 Å². The maximum absolute atomic E-state index is 5.34. The standard InChI is InChI=1S/C14H12BrNO2/c1-17-13-6-10-9-5-8(15)3-4-11(9)16-12(10)7-14(13)18-2/h3-7,16H,1-2H3. The molecule has 3 rings (SSSR count). The van der Waals surface area contributed by atoms with Crippen molar-refractivity contribution in [3.05, 3.63) is 34.8 Å². The van der Waals surface area contributed by atoms with Crippen molar-refractivity contribution in [1.82, 2.24) is 4.98 Å². The maximum Gasteiger partial charge on any atom is 0.162 e. The molecule has 2 aromatic carbocycles. The summed E-state index contributed by atoms with van der Waals surface area (Å²) in [5, 5.41) is 2.30. The molecule has 3 nitrogen and oxygen atoms in total. The summed E-state index contributed by atoms with van der Waals surface area (Å²) in [5.41, 5.74) is 2.14. The fourth-order valence-electron chi connectivity index (χ4n) is 2.20. The number of H-pyrrole nitrogens is 1. The Balaban J connectivity index is 2.41. The summed E-state index contributed by atoms with van der Waals surface area (Å²) in [6.07, 6.45) is 0. The largest absolute Gasteiger partial charge is 0.493 e. The van der Waals surface area contributed by atoms with Gasteiger partial charge in [0.1, 0.15) is 0 Å². The number of hydrogen-bond acceptors (Lipinski definition) is 2. The SMILES string of the molecule is COc1cc2[nH]c3ccc(Br)cc3c2cc1OC. The van der Waals surface area contributed by atoms with Gasteiger partial charge >= 0.3 is 0 Å². The van der Waals surface area contributed by atoms with Crippen LogP contribution in [0.4, 0.5) is 0 Å². The highest BCUT2D eigenvalue weighted by Crippen LogP contribution is 2.36. The average Bonchev–Trinajstić information content (AvgIpc) is 2.74. The van der Waals surface area contributed by atoms with Gasteiger partial charge in [-0.05, 0) is 24.3 Å². The van der Waals surface area contributed by atoms with E-state index >= 15 is 0 Å². The third kappa shape index (κ3) is 1.64. The first kappa shape index (κ1) is 11.4. The van der Waals surface area contributed by atoms with Gasteiger partial charge in [0, 0.05) is 26.8 Å². The lowest BCUT2D eigenvalue weighted by Crippen LogP contribution is -1.89. The highest BCUT2D eigenvalue weighted by molar-refractivity contribution is 9.10. The molecule has 0 amide bonds. The fourth-order valence-corrected chi connectivity index (χ4v) is 2.56.